The lowest BCUT2D eigenvalue weighted by atomic mass is 10.4. The van der Waals surface area contributed by atoms with Crippen molar-refractivity contribution in [3.8, 4) is 11.7 Å². The average Bonchev–Trinajstić information content (AvgIpc) is 3.04. The van der Waals surface area contributed by atoms with Gasteiger partial charge in [-0.1, -0.05) is 28.3 Å². The molecule has 0 fully saturated rings. The van der Waals surface area contributed by atoms with Crippen LogP contribution in [0.3, 0.4) is 0 Å². The molecule has 0 unspecified atom stereocenters. The second-order valence-corrected chi connectivity index (χ2v) is 6.00. The van der Waals surface area contributed by atoms with Crippen LogP contribution in [0.25, 0.3) is 22.1 Å². The summed E-state index contributed by atoms with van der Waals surface area (Å²) in [4.78, 5) is 26.0. The number of thiazole rings is 1. The number of thioether (sulfide) groups is 1. The Kier molecular flexibility index (Phi) is 3.30. The molecule has 104 valence electrons. The maximum absolute atomic E-state index is 12.5. The summed E-state index contributed by atoms with van der Waals surface area (Å²) in [5.74, 6) is 1.15. The molecule has 0 spiro atoms. The highest BCUT2D eigenvalue weighted by molar-refractivity contribution is 8.00. The van der Waals surface area contributed by atoms with Crippen LogP contribution in [0.5, 0.6) is 0 Å². The molecule has 0 amide bonds. The van der Waals surface area contributed by atoms with Crippen LogP contribution < -0.4 is 5.56 Å². The van der Waals surface area contributed by atoms with Gasteiger partial charge in [0, 0.05) is 6.54 Å². The summed E-state index contributed by atoms with van der Waals surface area (Å²) < 4.78 is 7.44. The molecule has 3 rings (SSSR count). The van der Waals surface area contributed by atoms with Gasteiger partial charge in [-0.2, -0.15) is 4.98 Å². The van der Waals surface area contributed by atoms with Gasteiger partial charge in [0.25, 0.3) is 11.4 Å². The van der Waals surface area contributed by atoms with Crippen molar-refractivity contribution in [2.45, 2.75) is 24.7 Å². The summed E-state index contributed by atoms with van der Waals surface area (Å²) in [5.41, 5.74) is 0.209. The van der Waals surface area contributed by atoms with Crippen LogP contribution in [0, 0.1) is 6.92 Å². The van der Waals surface area contributed by atoms with Crippen molar-refractivity contribution in [3.05, 3.63) is 16.2 Å². The van der Waals surface area contributed by atoms with Gasteiger partial charge >= 0.3 is 0 Å². The number of hydrogen-bond acceptors (Lipinski definition) is 8. The molecule has 0 saturated heterocycles. The number of aromatic nitrogens is 5. The molecule has 0 N–H and O–H groups in total. The predicted molar refractivity (Wildman–Crippen MR) is 77.2 cm³/mol. The quantitative estimate of drug-likeness (QED) is 0.683. The molecule has 3 aromatic rings. The summed E-state index contributed by atoms with van der Waals surface area (Å²) >= 11 is 2.87. The van der Waals surface area contributed by atoms with E-state index in [-0.39, 0.29) is 11.4 Å². The maximum atomic E-state index is 12.5. The molecule has 0 aliphatic heterocycles. The first-order valence-corrected chi connectivity index (χ1v) is 7.94. The molecular formula is C11H11N5O2S2. The number of aryl methyl sites for hydroxylation is 1. The van der Waals surface area contributed by atoms with Gasteiger partial charge in [0.2, 0.25) is 5.82 Å². The van der Waals surface area contributed by atoms with Crippen LogP contribution in [-0.4, -0.2) is 30.9 Å². The van der Waals surface area contributed by atoms with E-state index in [2.05, 4.69) is 20.1 Å². The standard InChI is InChI=1S/C11H11N5O2S2/c1-4-16-7(8-12-5(2)15-18-8)14-9-6(10(16)17)13-11(19-3)20-9/h4H2,1-3H3. The molecule has 7 nitrogen and oxygen atoms in total. The van der Waals surface area contributed by atoms with Crippen molar-refractivity contribution >= 4 is 33.4 Å². The molecule has 9 heteroatoms. The molecular weight excluding hydrogens is 298 g/mol. The van der Waals surface area contributed by atoms with Crippen molar-refractivity contribution in [2.75, 3.05) is 6.26 Å². The van der Waals surface area contributed by atoms with Gasteiger partial charge in [-0.05, 0) is 20.1 Å². The van der Waals surface area contributed by atoms with E-state index in [9.17, 15) is 4.79 Å². The topological polar surface area (TPSA) is 86.7 Å². The highest BCUT2D eigenvalue weighted by Crippen LogP contribution is 2.26. The van der Waals surface area contributed by atoms with Crippen LogP contribution in [0.15, 0.2) is 13.7 Å². The van der Waals surface area contributed by atoms with Crippen LogP contribution >= 0.6 is 23.1 Å². The number of hydrogen-bond donors (Lipinski definition) is 0. The van der Waals surface area contributed by atoms with E-state index < -0.39 is 0 Å². The summed E-state index contributed by atoms with van der Waals surface area (Å²) in [5, 5.41) is 3.74. The van der Waals surface area contributed by atoms with Gasteiger partial charge in [-0.25, -0.2) is 9.97 Å². The van der Waals surface area contributed by atoms with Crippen molar-refractivity contribution in [1.82, 2.24) is 24.7 Å². The highest BCUT2D eigenvalue weighted by Gasteiger charge is 2.19. The van der Waals surface area contributed by atoms with Gasteiger partial charge in [0.15, 0.2) is 20.5 Å². The maximum Gasteiger partial charge on any atom is 0.294 e. The fourth-order valence-corrected chi connectivity index (χ4v) is 3.24. The minimum absolute atomic E-state index is 0.181. The second-order valence-electron chi connectivity index (χ2n) is 3.97. The molecule has 0 aliphatic rings. The van der Waals surface area contributed by atoms with Crippen molar-refractivity contribution in [3.63, 3.8) is 0 Å². The zero-order valence-electron chi connectivity index (χ0n) is 11.1. The Morgan fingerprint density at radius 3 is 2.75 bits per heavy atom. The van der Waals surface area contributed by atoms with Crippen LogP contribution in [-0.2, 0) is 6.54 Å². The first-order chi connectivity index (χ1) is 9.63. The van der Waals surface area contributed by atoms with E-state index in [0.29, 0.717) is 28.5 Å². The third-order valence-electron chi connectivity index (χ3n) is 2.71. The first kappa shape index (κ1) is 13.3. The third kappa shape index (κ3) is 2.02. The Morgan fingerprint density at radius 2 is 2.15 bits per heavy atom. The molecule has 3 heterocycles. The Balaban J connectivity index is 2.33. The molecule has 3 aromatic heterocycles. The van der Waals surface area contributed by atoms with Crippen LogP contribution in [0.2, 0.25) is 0 Å². The number of nitrogens with zero attached hydrogens (tertiary/aromatic N) is 5. The number of rotatable bonds is 3. The zero-order chi connectivity index (χ0) is 14.3. The Morgan fingerprint density at radius 1 is 1.35 bits per heavy atom. The van der Waals surface area contributed by atoms with Crippen molar-refractivity contribution in [2.24, 2.45) is 0 Å². The normalized spacial score (nSPS) is 11.3. The molecule has 0 aliphatic carbocycles. The summed E-state index contributed by atoms with van der Waals surface area (Å²) in [7, 11) is 0. The Hall–Kier alpha value is -1.74. The molecule has 0 bridgehead atoms. The average molecular weight is 309 g/mol. The zero-order valence-corrected chi connectivity index (χ0v) is 12.7. The first-order valence-electron chi connectivity index (χ1n) is 5.90. The number of fused-ring (bicyclic) bond motifs is 1. The Bertz CT molecular complexity index is 835. The third-order valence-corrected chi connectivity index (χ3v) is 4.64. The van der Waals surface area contributed by atoms with Crippen LogP contribution in [0.4, 0.5) is 0 Å². The fraction of sp³-hybridized carbons (Fsp3) is 0.364. The largest absolute Gasteiger partial charge is 0.331 e. The molecule has 0 aromatic carbocycles. The SMILES string of the molecule is CCn1c(-c2nc(C)no2)nc2sc(SC)nc2c1=O. The van der Waals surface area contributed by atoms with Gasteiger partial charge < -0.3 is 4.52 Å². The summed E-state index contributed by atoms with van der Waals surface area (Å²) in [6, 6.07) is 0. The van der Waals surface area contributed by atoms with Gasteiger partial charge in [-0.15, -0.1) is 0 Å². The van der Waals surface area contributed by atoms with Crippen molar-refractivity contribution in [1.29, 1.82) is 0 Å². The van der Waals surface area contributed by atoms with E-state index in [0.717, 1.165) is 4.34 Å². The van der Waals surface area contributed by atoms with Crippen molar-refractivity contribution < 1.29 is 4.52 Å². The molecule has 20 heavy (non-hydrogen) atoms. The highest BCUT2D eigenvalue weighted by atomic mass is 32.2. The smallest absolute Gasteiger partial charge is 0.294 e. The van der Waals surface area contributed by atoms with Crippen LogP contribution in [0.1, 0.15) is 12.7 Å². The minimum atomic E-state index is -0.181. The lowest BCUT2D eigenvalue weighted by molar-refractivity contribution is 0.420. The predicted octanol–water partition coefficient (Wildman–Crippen LogP) is 1.95. The summed E-state index contributed by atoms with van der Waals surface area (Å²) in [6.07, 6.45) is 1.92. The Labute approximate surface area is 122 Å². The van der Waals surface area contributed by atoms with Gasteiger partial charge in [0.1, 0.15) is 0 Å². The monoisotopic (exact) mass is 309 g/mol. The molecule has 0 atom stereocenters. The molecule has 0 radical (unpaired) electrons. The molecule has 0 saturated carbocycles. The van der Waals surface area contributed by atoms with Gasteiger partial charge in [-0.3, -0.25) is 9.36 Å². The van der Waals surface area contributed by atoms with E-state index in [4.69, 9.17) is 4.52 Å². The van der Waals surface area contributed by atoms with E-state index >= 15 is 0 Å². The second kappa shape index (κ2) is 4.98. The minimum Gasteiger partial charge on any atom is -0.331 e. The lowest BCUT2D eigenvalue weighted by Crippen LogP contribution is -2.22. The summed E-state index contributed by atoms with van der Waals surface area (Å²) in [6.45, 7) is 4.05. The lowest BCUT2D eigenvalue weighted by Gasteiger charge is -2.05. The van der Waals surface area contributed by atoms with Gasteiger partial charge in [0.05, 0.1) is 0 Å². The fourth-order valence-electron chi connectivity index (χ4n) is 1.82. The van der Waals surface area contributed by atoms with E-state index in [1.54, 1.807) is 6.92 Å². The van der Waals surface area contributed by atoms with E-state index in [1.807, 2.05) is 13.2 Å². The van der Waals surface area contributed by atoms with E-state index in [1.165, 1.54) is 27.7 Å².